The van der Waals surface area contributed by atoms with Crippen molar-refractivity contribution < 1.29 is 4.79 Å². The Morgan fingerprint density at radius 1 is 1.10 bits per heavy atom. The van der Waals surface area contributed by atoms with Gasteiger partial charge in [0.1, 0.15) is 0 Å². The zero-order chi connectivity index (χ0) is 14.2. The van der Waals surface area contributed by atoms with Crippen molar-refractivity contribution >= 4 is 27.8 Å². The van der Waals surface area contributed by atoms with E-state index >= 15 is 0 Å². The molecule has 0 bridgehead atoms. The van der Waals surface area contributed by atoms with E-state index in [1.807, 2.05) is 24.3 Å². The summed E-state index contributed by atoms with van der Waals surface area (Å²) >= 11 is 3.43. The molecule has 0 aliphatic rings. The minimum Gasteiger partial charge on any atom is -0.354 e. The van der Waals surface area contributed by atoms with Gasteiger partial charge in [-0.05, 0) is 17.7 Å². The van der Waals surface area contributed by atoms with Crippen LogP contribution in [-0.4, -0.2) is 29.0 Å². The average molecular weight is 335 g/mol. The van der Waals surface area contributed by atoms with E-state index in [2.05, 4.69) is 36.5 Å². The zero-order valence-electron chi connectivity index (χ0n) is 10.8. The summed E-state index contributed by atoms with van der Waals surface area (Å²) in [6.07, 6.45) is 3.70. The van der Waals surface area contributed by atoms with Crippen LogP contribution in [0.4, 0.5) is 5.95 Å². The van der Waals surface area contributed by atoms with Crippen LogP contribution < -0.4 is 10.6 Å². The number of rotatable bonds is 6. The average Bonchev–Trinajstić information content (AvgIpc) is 2.47. The molecule has 0 unspecified atom stereocenters. The molecule has 1 heterocycles. The highest BCUT2D eigenvalue weighted by Crippen LogP contribution is 2.15. The molecular formula is C14H15BrN4O. The summed E-state index contributed by atoms with van der Waals surface area (Å²) in [7, 11) is 0. The van der Waals surface area contributed by atoms with E-state index in [1.165, 1.54) is 0 Å². The van der Waals surface area contributed by atoms with Crippen LogP contribution in [0.15, 0.2) is 47.2 Å². The molecular weight excluding hydrogens is 320 g/mol. The standard InChI is InChI=1S/C14H15BrN4O/c15-12-5-2-1-4-11(12)10-13(20)16-8-9-19-14-17-6-3-7-18-14/h1-7H,8-10H2,(H,16,20)(H,17,18,19). The maximum absolute atomic E-state index is 11.8. The van der Waals surface area contributed by atoms with E-state index < -0.39 is 0 Å². The molecule has 5 nitrogen and oxygen atoms in total. The van der Waals surface area contributed by atoms with E-state index in [4.69, 9.17) is 0 Å². The number of nitrogens with one attached hydrogen (secondary N) is 2. The van der Waals surface area contributed by atoms with E-state index in [1.54, 1.807) is 18.5 Å². The number of hydrogen-bond donors (Lipinski definition) is 2. The third-order valence-electron chi connectivity index (χ3n) is 2.60. The Kier molecular flexibility index (Phi) is 5.49. The van der Waals surface area contributed by atoms with Crippen LogP contribution in [-0.2, 0) is 11.2 Å². The second kappa shape index (κ2) is 7.59. The molecule has 0 radical (unpaired) electrons. The first-order chi connectivity index (χ1) is 9.75. The highest BCUT2D eigenvalue weighted by Gasteiger charge is 2.05. The summed E-state index contributed by atoms with van der Waals surface area (Å²) in [5, 5.41) is 5.88. The Hall–Kier alpha value is -1.95. The monoisotopic (exact) mass is 334 g/mol. The van der Waals surface area contributed by atoms with Gasteiger partial charge in [-0.15, -0.1) is 0 Å². The number of halogens is 1. The maximum atomic E-state index is 11.8. The number of anilines is 1. The summed E-state index contributed by atoms with van der Waals surface area (Å²) in [6.45, 7) is 1.12. The minimum absolute atomic E-state index is 0.00678. The van der Waals surface area contributed by atoms with Crippen molar-refractivity contribution in [3.8, 4) is 0 Å². The minimum atomic E-state index is -0.00678. The molecule has 1 amide bonds. The lowest BCUT2D eigenvalue weighted by atomic mass is 10.1. The van der Waals surface area contributed by atoms with Gasteiger partial charge in [0.15, 0.2) is 0 Å². The molecule has 0 fully saturated rings. The first-order valence-corrected chi connectivity index (χ1v) is 7.06. The smallest absolute Gasteiger partial charge is 0.224 e. The van der Waals surface area contributed by atoms with Crippen LogP contribution in [0.2, 0.25) is 0 Å². The molecule has 2 rings (SSSR count). The first-order valence-electron chi connectivity index (χ1n) is 6.26. The van der Waals surface area contributed by atoms with Crippen LogP contribution in [0.3, 0.4) is 0 Å². The summed E-state index contributed by atoms with van der Waals surface area (Å²) in [6, 6.07) is 9.46. The third-order valence-corrected chi connectivity index (χ3v) is 3.38. The second-order valence-electron chi connectivity index (χ2n) is 4.12. The summed E-state index contributed by atoms with van der Waals surface area (Å²) < 4.78 is 0.950. The number of aromatic nitrogens is 2. The van der Waals surface area contributed by atoms with Crippen molar-refractivity contribution in [2.24, 2.45) is 0 Å². The number of carbonyl (C=O) groups excluding carboxylic acids is 1. The van der Waals surface area contributed by atoms with E-state index in [0.717, 1.165) is 10.0 Å². The van der Waals surface area contributed by atoms with Crippen molar-refractivity contribution in [1.82, 2.24) is 15.3 Å². The van der Waals surface area contributed by atoms with Crippen LogP contribution in [0.5, 0.6) is 0 Å². The fraction of sp³-hybridized carbons (Fsp3) is 0.214. The second-order valence-corrected chi connectivity index (χ2v) is 4.97. The van der Waals surface area contributed by atoms with Gasteiger partial charge >= 0.3 is 0 Å². The van der Waals surface area contributed by atoms with Crippen LogP contribution >= 0.6 is 15.9 Å². The quantitative estimate of drug-likeness (QED) is 0.793. The van der Waals surface area contributed by atoms with Gasteiger partial charge in [-0.3, -0.25) is 4.79 Å². The fourth-order valence-corrected chi connectivity index (χ4v) is 2.07. The first kappa shape index (κ1) is 14.5. The molecule has 0 aliphatic heterocycles. The number of nitrogens with zero attached hydrogens (tertiary/aromatic N) is 2. The van der Waals surface area contributed by atoms with E-state index in [9.17, 15) is 4.79 Å². The van der Waals surface area contributed by atoms with Gasteiger partial charge in [0.05, 0.1) is 6.42 Å². The van der Waals surface area contributed by atoms with Crippen LogP contribution in [0, 0.1) is 0 Å². The van der Waals surface area contributed by atoms with Gasteiger partial charge in [0, 0.05) is 30.0 Å². The van der Waals surface area contributed by atoms with Gasteiger partial charge in [0.25, 0.3) is 0 Å². The van der Waals surface area contributed by atoms with Crippen molar-refractivity contribution in [2.75, 3.05) is 18.4 Å². The van der Waals surface area contributed by atoms with Crippen molar-refractivity contribution in [2.45, 2.75) is 6.42 Å². The number of hydrogen-bond acceptors (Lipinski definition) is 4. The molecule has 20 heavy (non-hydrogen) atoms. The Balaban J connectivity index is 1.69. The molecule has 0 atom stereocenters. The lowest BCUT2D eigenvalue weighted by Gasteiger charge is -2.07. The molecule has 1 aromatic heterocycles. The SMILES string of the molecule is O=C(Cc1ccccc1Br)NCCNc1ncccn1. The number of amides is 1. The summed E-state index contributed by atoms with van der Waals surface area (Å²) in [5.41, 5.74) is 0.976. The van der Waals surface area contributed by atoms with E-state index in [-0.39, 0.29) is 5.91 Å². The fourth-order valence-electron chi connectivity index (χ4n) is 1.64. The molecule has 0 spiro atoms. The highest BCUT2D eigenvalue weighted by molar-refractivity contribution is 9.10. The van der Waals surface area contributed by atoms with Gasteiger partial charge in [-0.2, -0.15) is 0 Å². The largest absolute Gasteiger partial charge is 0.354 e. The molecule has 104 valence electrons. The Morgan fingerprint density at radius 2 is 1.85 bits per heavy atom. The van der Waals surface area contributed by atoms with Crippen molar-refractivity contribution in [3.63, 3.8) is 0 Å². The predicted molar refractivity (Wildman–Crippen MR) is 81.4 cm³/mol. The van der Waals surface area contributed by atoms with Crippen molar-refractivity contribution in [3.05, 3.63) is 52.8 Å². The zero-order valence-corrected chi connectivity index (χ0v) is 12.4. The van der Waals surface area contributed by atoms with E-state index in [0.29, 0.717) is 25.5 Å². The lowest BCUT2D eigenvalue weighted by Crippen LogP contribution is -2.30. The third kappa shape index (κ3) is 4.62. The van der Waals surface area contributed by atoms with Gasteiger partial charge < -0.3 is 10.6 Å². The molecule has 6 heteroatoms. The Bertz CT molecular complexity index is 562. The number of benzene rings is 1. The summed E-state index contributed by atoms with van der Waals surface area (Å²) in [5.74, 6) is 0.556. The molecule has 1 aromatic carbocycles. The molecule has 0 aliphatic carbocycles. The molecule has 0 saturated carbocycles. The molecule has 0 saturated heterocycles. The Labute approximate surface area is 126 Å². The lowest BCUT2D eigenvalue weighted by molar-refractivity contribution is -0.120. The highest BCUT2D eigenvalue weighted by atomic mass is 79.9. The van der Waals surface area contributed by atoms with Crippen LogP contribution in [0.1, 0.15) is 5.56 Å². The normalized spacial score (nSPS) is 10.1. The topological polar surface area (TPSA) is 66.9 Å². The van der Waals surface area contributed by atoms with Crippen molar-refractivity contribution in [1.29, 1.82) is 0 Å². The Morgan fingerprint density at radius 3 is 2.60 bits per heavy atom. The summed E-state index contributed by atoms with van der Waals surface area (Å²) in [4.78, 5) is 19.9. The van der Waals surface area contributed by atoms with Gasteiger partial charge in [0.2, 0.25) is 11.9 Å². The van der Waals surface area contributed by atoms with Gasteiger partial charge in [-0.1, -0.05) is 34.1 Å². The van der Waals surface area contributed by atoms with Gasteiger partial charge in [-0.25, -0.2) is 9.97 Å². The molecule has 2 aromatic rings. The van der Waals surface area contributed by atoms with Crippen LogP contribution in [0.25, 0.3) is 0 Å². The number of carbonyl (C=O) groups is 1. The molecule has 2 N–H and O–H groups in total. The predicted octanol–water partition coefficient (Wildman–Crippen LogP) is 2.01. The maximum Gasteiger partial charge on any atom is 0.224 e.